The van der Waals surface area contributed by atoms with Gasteiger partial charge in [0.1, 0.15) is 5.82 Å². The lowest BCUT2D eigenvalue weighted by Crippen LogP contribution is -2.30. The monoisotopic (exact) mass is 309 g/mol. The smallest absolute Gasteiger partial charge is 0.243 e. The molecule has 2 aromatic rings. The molecule has 5 nitrogen and oxygen atoms in total. The summed E-state index contributed by atoms with van der Waals surface area (Å²) < 4.78 is 39.8. The van der Waals surface area contributed by atoms with E-state index in [1.54, 1.807) is 31.5 Å². The van der Waals surface area contributed by atoms with Crippen molar-refractivity contribution in [2.45, 2.75) is 18.4 Å². The van der Waals surface area contributed by atoms with E-state index in [-0.39, 0.29) is 23.7 Å². The second kappa shape index (κ2) is 6.19. The molecule has 7 heteroatoms. The van der Waals surface area contributed by atoms with Crippen LogP contribution >= 0.6 is 0 Å². The molecule has 0 aliphatic heterocycles. The fourth-order valence-electron chi connectivity index (χ4n) is 1.88. The minimum atomic E-state index is -3.77. The average molecular weight is 309 g/mol. The van der Waals surface area contributed by atoms with E-state index in [1.165, 1.54) is 16.4 Å². The van der Waals surface area contributed by atoms with Crippen LogP contribution in [0.4, 0.5) is 10.1 Å². The van der Waals surface area contributed by atoms with Crippen LogP contribution in [0.1, 0.15) is 12.5 Å². The van der Waals surface area contributed by atoms with Crippen molar-refractivity contribution in [3.63, 3.8) is 0 Å². The molecule has 1 aromatic carbocycles. The van der Waals surface area contributed by atoms with Crippen LogP contribution in [0.25, 0.3) is 0 Å². The van der Waals surface area contributed by atoms with E-state index in [1.807, 2.05) is 0 Å². The summed E-state index contributed by atoms with van der Waals surface area (Å²) >= 11 is 0. The highest BCUT2D eigenvalue weighted by Gasteiger charge is 2.24. The number of nitrogens with two attached hydrogens (primary N) is 1. The first-order chi connectivity index (χ1) is 9.95. The molecular formula is C14H16FN3O2S. The first-order valence-electron chi connectivity index (χ1n) is 6.39. The van der Waals surface area contributed by atoms with E-state index < -0.39 is 15.8 Å². The minimum absolute atomic E-state index is 0.0777. The molecule has 1 aromatic heterocycles. The molecule has 0 fully saturated rings. The van der Waals surface area contributed by atoms with Gasteiger partial charge in [-0.25, -0.2) is 12.8 Å². The van der Waals surface area contributed by atoms with E-state index in [4.69, 9.17) is 5.73 Å². The van der Waals surface area contributed by atoms with Crippen molar-refractivity contribution in [3.8, 4) is 0 Å². The van der Waals surface area contributed by atoms with Crippen molar-refractivity contribution < 1.29 is 12.8 Å². The molecule has 0 saturated carbocycles. The standard InChI is InChI=1S/C14H16FN3O2S/c1-2-18(10-11-5-7-17-8-6-11)21(19,20)12-3-4-14(16)13(15)9-12/h3-9H,2,10,16H2,1H3. The van der Waals surface area contributed by atoms with Crippen LogP contribution in [-0.2, 0) is 16.6 Å². The first kappa shape index (κ1) is 15.4. The largest absolute Gasteiger partial charge is 0.396 e. The zero-order chi connectivity index (χ0) is 15.5. The summed E-state index contributed by atoms with van der Waals surface area (Å²) in [6, 6.07) is 6.98. The van der Waals surface area contributed by atoms with Gasteiger partial charge in [0.15, 0.2) is 0 Å². The van der Waals surface area contributed by atoms with E-state index in [0.717, 1.165) is 11.6 Å². The Labute approximate surface area is 123 Å². The fourth-order valence-corrected chi connectivity index (χ4v) is 3.33. The number of sulfonamides is 1. The Hall–Kier alpha value is -1.99. The minimum Gasteiger partial charge on any atom is -0.396 e. The number of benzene rings is 1. The van der Waals surface area contributed by atoms with Crippen molar-refractivity contribution in [1.82, 2.24) is 9.29 Å². The molecule has 0 unspecified atom stereocenters. The fraction of sp³-hybridized carbons (Fsp3) is 0.214. The van der Waals surface area contributed by atoms with Gasteiger partial charge in [-0.1, -0.05) is 6.92 Å². The summed E-state index contributed by atoms with van der Waals surface area (Å²) in [5.74, 6) is -0.740. The molecule has 1 heterocycles. The molecule has 0 bridgehead atoms. The zero-order valence-corrected chi connectivity index (χ0v) is 12.3. The summed E-state index contributed by atoms with van der Waals surface area (Å²) in [7, 11) is -3.77. The second-order valence-electron chi connectivity index (χ2n) is 4.47. The Morgan fingerprint density at radius 3 is 2.48 bits per heavy atom. The van der Waals surface area contributed by atoms with Crippen molar-refractivity contribution >= 4 is 15.7 Å². The SMILES string of the molecule is CCN(Cc1ccncc1)S(=O)(=O)c1ccc(N)c(F)c1. The number of hydrogen-bond donors (Lipinski definition) is 1. The predicted octanol–water partition coefficient (Wildman–Crippen LogP) is 2.01. The van der Waals surface area contributed by atoms with Crippen LogP contribution in [0.5, 0.6) is 0 Å². The normalized spacial score (nSPS) is 11.8. The molecule has 0 spiro atoms. The van der Waals surface area contributed by atoms with E-state index in [0.29, 0.717) is 0 Å². The Morgan fingerprint density at radius 1 is 1.24 bits per heavy atom. The maximum atomic E-state index is 13.5. The number of hydrogen-bond acceptors (Lipinski definition) is 4. The third kappa shape index (κ3) is 3.37. The molecule has 0 atom stereocenters. The number of anilines is 1. The molecule has 0 aliphatic carbocycles. The molecule has 21 heavy (non-hydrogen) atoms. The number of aromatic nitrogens is 1. The lowest BCUT2D eigenvalue weighted by Gasteiger charge is -2.20. The number of pyridine rings is 1. The molecule has 0 aliphatic rings. The summed E-state index contributed by atoms with van der Waals surface area (Å²) in [6.07, 6.45) is 3.19. The molecule has 2 N–H and O–H groups in total. The predicted molar refractivity (Wildman–Crippen MR) is 78.3 cm³/mol. The van der Waals surface area contributed by atoms with Crippen LogP contribution in [0.3, 0.4) is 0 Å². The highest BCUT2D eigenvalue weighted by molar-refractivity contribution is 7.89. The van der Waals surface area contributed by atoms with Gasteiger partial charge in [0.2, 0.25) is 10.0 Å². The van der Waals surface area contributed by atoms with Gasteiger partial charge in [-0.05, 0) is 35.9 Å². The molecule has 0 amide bonds. The molecular weight excluding hydrogens is 293 g/mol. The summed E-state index contributed by atoms with van der Waals surface area (Å²) in [4.78, 5) is 3.78. The quantitative estimate of drug-likeness (QED) is 0.857. The highest BCUT2D eigenvalue weighted by Crippen LogP contribution is 2.21. The molecule has 2 rings (SSSR count). The Kier molecular flexibility index (Phi) is 4.54. The lowest BCUT2D eigenvalue weighted by molar-refractivity contribution is 0.423. The van der Waals surface area contributed by atoms with Crippen LogP contribution in [0, 0.1) is 5.82 Å². The van der Waals surface area contributed by atoms with E-state index in [9.17, 15) is 12.8 Å². The van der Waals surface area contributed by atoms with Crippen molar-refractivity contribution in [2.24, 2.45) is 0 Å². The van der Waals surface area contributed by atoms with Gasteiger partial charge in [0.05, 0.1) is 10.6 Å². The highest BCUT2D eigenvalue weighted by atomic mass is 32.2. The Balaban J connectivity index is 2.33. The van der Waals surface area contributed by atoms with E-state index >= 15 is 0 Å². The van der Waals surface area contributed by atoms with Crippen LogP contribution < -0.4 is 5.73 Å². The van der Waals surface area contributed by atoms with Crippen molar-refractivity contribution in [3.05, 3.63) is 54.1 Å². The van der Waals surface area contributed by atoms with Gasteiger partial charge in [0, 0.05) is 25.5 Å². The van der Waals surface area contributed by atoms with Gasteiger partial charge >= 0.3 is 0 Å². The van der Waals surface area contributed by atoms with Crippen LogP contribution in [0.2, 0.25) is 0 Å². The number of nitrogens with zero attached hydrogens (tertiary/aromatic N) is 2. The first-order valence-corrected chi connectivity index (χ1v) is 7.83. The summed E-state index contributed by atoms with van der Waals surface area (Å²) in [6.45, 7) is 2.20. The second-order valence-corrected chi connectivity index (χ2v) is 6.41. The maximum Gasteiger partial charge on any atom is 0.243 e. The Bertz CT molecular complexity index is 720. The summed E-state index contributed by atoms with van der Waals surface area (Å²) in [5.41, 5.74) is 6.11. The van der Waals surface area contributed by atoms with Gasteiger partial charge in [-0.3, -0.25) is 4.98 Å². The maximum absolute atomic E-state index is 13.5. The average Bonchev–Trinajstić information content (AvgIpc) is 2.48. The van der Waals surface area contributed by atoms with E-state index in [2.05, 4.69) is 4.98 Å². The van der Waals surface area contributed by atoms with Gasteiger partial charge < -0.3 is 5.73 Å². The van der Waals surface area contributed by atoms with Crippen molar-refractivity contribution in [1.29, 1.82) is 0 Å². The molecule has 0 radical (unpaired) electrons. The lowest BCUT2D eigenvalue weighted by atomic mass is 10.3. The molecule has 0 saturated heterocycles. The zero-order valence-electron chi connectivity index (χ0n) is 11.5. The van der Waals surface area contributed by atoms with Gasteiger partial charge in [0.25, 0.3) is 0 Å². The number of nitrogen functional groups attached to an aromatic ring is 1. The van der Waals surface area contributed by atoms with Crippen LogP contribution in [0.15, 0.2) is 47.6 Å². The Morgan fingerprint density at radius 2 is 1.90 bits per heavy atom. The third-order valence-corrected chi connectivity index (χ3v) is 4.99. The number of halogens is 1. The van der Waals surface area contributed by atoms with Crippen molar-refractivity contribution in [2.75, 3.05) is 12.3 Å². The number of rotatable bonds is 5. The summed E-state index contributed by atoms with van der Waals surface area (Å²) in [5, 5.41) is 0. The molecule has 112 valence electrons. The third-order valence-electron chi connectivity index (χ3n) is 3.07. The topological polar surface area (TPSA) is 76.3 Å². The van der Waals surface area contributed by atoms with Gasteiger partial charge in [-0.2, -0.15) is 4.31 Å². The van der Waals surface area contributed by atoms with Crippen LogP contribution in [-0.4, -0.2) is 24.3 Å². The van der Waals surface area contributed by atoms with Gasteiger partial charge in [-0.15, -0.1) is 0 Å².